The zero-order valence-corrected chi connectivity index (χ0v) is 10.1. The number of methoxy groups -OCH3 is 1. The lowest BCUT2D eigenvalue weighted by atomic mass is 10.0. The maximum absolute atomic E-state index is 12.8. The summed E-state index contributed by atoms with van der Waals surface area (Å²) in [6.45, 7) is 0. The molecule has 8 heteroatoms. The average Bonchev–Trinajstić information content (AvgIpc) is 2.17. The van der Waals surface area contributed by atoms with E-state index in [1.807, 2.05) is 0 Å². The van der Waals surface area contributed by atoms with Gasteiger partial charge in [0.25, 0.3) is 5.91 Å². The number of nitrogens with two attached hydrogens (primary N) is 2. The second-order valence-electron chi connectivity index (χ2n) is 3.09. The molecule has 1 rings (SSSR count). The van der Waals surface area contributed by atoms with Crippen LogP contribution in [0.15, 0.2) is 10.5 Å². The van der Waals surface area contributed by atoms with E-state index in [1.54, 1.807) is 0 Å². The Bertz CT molecular complexity index is 474. The molecule has 17 heavy (non-hydrogen) atoms. The molecule has 0 aromatic heterocycles. The summed E-state index contributed by atoms with van der Waals surface area (Å²) < 4.78 is 42.7. The monoisotopic (exact) mass is 312 g/mol. The van der Waals surface area contributed by atoms with Gasteiger partial charge in [-0.05, 0) is 6.07 Å². The highest BCUT2D eigenvalue weighted by Crippen LogP contribution is 2.42. The molecule has 0 atom stereocenters. The van der Waals surface area contributed by atoms with E-state index in [0.29, 0.717) is 0 Å². The van der Waals surface area contributed by atoms with Gasteiger partial charge in [-0.2, -0.15) is 13.2 Å². The molecule has 0 aliphatic rings. The van der Waals surface area contributed by atoms with Gasteiger partial charge < -0.3 is 16.2 Å². The highest BCUT2D eigenvalue weighted by atomic mass is 79.9. The van der Waals surface area contributed by atoms with E-state index in [0.717, 1.165) is 6.07 Å². The number of rotatable bonds is 2. The lowest BCUT2D eigenvalue weighted by Crippen LogP contribution is -2.21. The summed E-state index contributed by atoms with van der Waals surface area (Å²) >= 11 is 2.71. The van der Waals surface area contributed by atoms with Gasteiger partial charge in [-0.15, -0.1) is 0 Å². The quantitative estimate of drug-likeness (QED) is 0.821. The van der Waals surface area contributed by atoms with Crippen molar-refractivity contribution in [2.75, 3.05) is 12.8 Å². The molecule has 0 spiro atoms. The smallest absolute Gasteiger partial charge is 0.418 e. The van der Waals surface area contributed by atoms with Gasteiger partial charge in [-0.3, -0.25) is 4.79 Å². The minimum atomic E-state index is -4.75. The molecule has 0 heterocycles. The fourth-order valence-corrected chi connectivity index (χ4v) is 1.98. The fourth-order valence-electron chi connectivity index (χ4n) is 1.34. The Morgan fingerprint density at radius 1 is 1.47 bits per heavy atom. The SMILES string of the molecule is COc1cc(Br)c(C(F)(F)F)c(C(N)=O)c1N. The number of carbonyl (C=O) groups excluding carboxylic acids is 1. The van der Waals surface area contributed by atoms with E-state index in [4.69, 9.17) is 16.2 Å². The summed E-state index contributed by atoms with van der Waals surface area (Å²) in [4.78, 5) is 11.1. The standard InChI is InChI=1S/C9H8BrF3N2O2/c1-17-4-2-3(10)6(9(11,12)13)5(7(4)14)8(15)16/h2H,14H2,1H3,(H2,15,16). The van der Waals surface area contributed by atoms with E-state index in [9.17, 15) is 18.0 Å². The maximum atomic E-state index is 12.8. The highest BCUT2D eigenvalue weighted by molar-refractivity contribution is 9.10. The van der Waals surface area contributed by atoms with E-state index >= 15 is 0 Å². The van der Waals surface area contributed by atoms with Crippen LogP contribution in [0.3, 0.4) is 0 Å². The summed E-state index contributed by atoms with van der Waals surface area (Å²) in [5.41, 5.74) is 7.88. The van der Waals surface area contributed by atoms with Crippen LogP contribution in [0.4, 0.5) is 18.9 Å². The zero-order chi connectivity index (χ0) is 13.4. The van der Waals surface area contributed by atoms with Crippen LogP contribution in [0.1, 0.15) is 15.9 Å². The number of alkyl halides is 3. The fraction of sp³-hybridized carbons (Fsp3) is 0.222. The summed E-state index contributed by atoms with van der Waals surface area (Å²) in [5.74, 6) is -1.33. The zero-order valence-electron chi connectivity index (χ0n) is 8.56. The number of nitrogen functional groups attached to an aromatic ring is 1. The second-order valence-corrected chi connectivity index (χ2v) is 3.94. The molecule has 94 valence electrons. The van der Waals surface area contributed by atoms with Gasteiger partial charge in [0, 0.05) is 4.47 Å². The first-order valence-corrected chi connectivity index (χ1v) is 5.02. The molecule has 0 bridgehead atoms. The molecule has 4 N–H and O–H groups in total. The number of benzene rings is 1. The molecule has 0 saturated heterocycles. The molecule has 1 amide bonds. The topological polar surface area (TPSA) is 78.3 Å². The second kappa shape index (κ2) is 4.44. The lowest BCUT2D eigenvalue weighted by molar-refractivity contribution is -0.138. The van der Waals surface area contributed by atoms with Crippen LogP contribution in [-0.2, 0) is 6.18 Å². The molecule has 1 aromatic rings. The van der Waals surface area contributed by atoms with Crippen molar-refractivity contribution >= 4 is 27.5 Å². The molecule has 0 aliphatic carbocycles. The van der Waals surface area contributed by atoms with Crippen molar-refractivity contribution in [3.63, 3.8) is 0 Å². The van der Waals surface area contributed by atoms with E-state index in [2.05, 4.69) is 15.9 Å². The molecule has 0 saturated carbocycles. The Balaban J connectivity index is 3.71. The van der Waals surface area contributed by atoms with Gasteiger partial charge in [-0.1, -0.05) is 15.9 Å². The molecule has 0 fully saturated rings. The Morgan fingerprint density at radius 3 is 2.35 bits per heavy atom. The third-order valence-corrected chi connectivity index (χ3v) is 2.66. The van der Waals surface area contributed by atoms with Gasteiger partial charge >= 0.3 is 6.18 Å². The normalized spacial score (nSPS) is 11.4. The van der Waals surface area contributed by atoms with Gasteiger partial charge in [-0.25, -0.2) is 0 Å². The Labute approximate surface area is 103 Å². The third-order valence-electron chi connectivity index (χ3n) is 2.03. The summed E-state index contributed by atoms with van der Waals surface area (Å²) in [6, 6.07) is 1.03. The van der Waals surface area contributed by atoms with Crippen molar-refractivity contribution in [2.24, 2.45) is 5.73 Å². The number of hydrogen-bond acceptors (Lipinski definition) is 3. The number of amides is 1. The van der Waals surface area contributed by atoms with Crippen molar-refractivity contribution < 1.29 is 22.7 Å². The summed E-state index contributed by atoms with van der Waals surface area (Å²) in [6.07, 6.45) is -4.75. The Kier molecular flexibility index (Phi) is 3.56. The highest BCUT2D eigenvalue weighted by Gasteiger charge is 2.39. The predicted octanol–water partition coefficient (Wildman–Crippen LogP) is 2.16. The molecule has 0 radical (unpaired) electrons. The van der Waals surface area contributed by atoms with Gasteiger partial charge in [0.2, 0.25) is 0 Å². The van der Waals surface area contributed by atoms with Crippen molar-refractivity contribution in [2.45, 2.75) is 6.18 Å². The Hall–Kier alpha value is -1.44. The number of anilines is 1. The minimum Gasteiger partial charge on any atom is -0.495 e. The molecular formula is C9H8BrF3N2O2. The molecule has 0 unspecified atom stereocenters. The van der Waals surface area contributed by atoms with Crippen LogP contribution in [-0.4, -0.2) is 13.0 Å². The van der Waals surface area contributed by atoms with E-state index in [-0.39, 0.29) is 10.2 Å². The Morgan fingerprint density at radius 2 is 2.00 bits per heavy atom. The van der Waals surface area contributed by atoms with Crippen molar-refractivity contribution in [1.82, 2.24) is 0 Å². The molecule has 1 aromatic carbocycles. The van der Waals surface area contributed by atoms with Crippen LogP contribution in [0.2, 0.25) is 0 Å². The van der Waals surface area contributed by atoms with Crippen molar-refractivity contribution in [1.29, 1.82) is 0 Å². The first kappa shape index (κ1) is 13.6. The summed E-state index contributed by atoms with van der Waals surface area (Å²) in [7, 11) is 1.22. The lowest BCUT2D eigenvalue weighted by Gasteiger charge is -2.17. The van der Waals surface area contributed by atoms with E-state index < -0.39 is 28.9 Å². The van der Waals surface area contributed by atoms with Gasteiger partial charge in [0.1, 0.15) is 5.75 Å². The number of primary amides is 1. The van der Waals surface area contributed by atoms with Crippen molar-refractivity contribution in [3.05, 3.63) is 21.7 Å². The number of carbonyl (C=O) groups is 1. The van der Waals surface area contributed by atoms with Gasteiger partial charge in [0.15, 0.2) is 0 Å². The van der Waals surface area contributed by atoms with E-state index in [1.165, 1.54) is 7.11 Å². The largest absolute Gasteiger partial charge is 0.495 e. The predicted molar refractivity (Wildman–Crippen MR) is 58.6 cm³/mol. The minimum absolute atomic E-state index is 0.0568. The van der Waals surface area contributed by atoms with Crippen molar-refractivity contribution in [3.8, 4) is 5.75 Å². The number of hydrogen-bond donors (Lipinski definition) is 2. The third kappa shape index (κ3) is 2.46. The van der Waals surface area contributed by atoms with Crippen LogP contribution >= 0.6 is 15.9 Å². The number of halogens is 4. The first-order valence-electron chi connectivity index (χ1n) is 4.23. The van der Waals surface area contributed by atoms with Crippen LogP contribution in [0.25, 0.3) is 0 Å². The summed E-state index contributed by atoms with van der Waals surface area (Å²) in [5, 5.41) is 0. The van der Waals surface area contributed by atoms with Crippen LogP contribution in [0, 0.1) is 0 Å². The van der Waals surface area contributed by atoms with Crippen LogP contribution < -0.4 is 16.2 Å². The molecule has 4 nitrogen and oxygen atoms in total. The van der Waals surface area contributed by atoms with Gasteiger partial charge in [0.05, 0.1) is 23.9 Å². The van der Waals surface area contributed by atoms with Crippen LogP contribution in [0.5, 0.6) is 5.75 Å². The molecular weight excluding hydrogens is 305 g/mol. The first-order chi connectivity index (χ1) is 7.70. The number of ether oxygens (including phenoxy) is 1. The average molecular weight is 313 g/mol. The molecule has 0 aliphatic heterocycles. The maximum Gasteiger partial charge on any atom is 0.418 e.